The van der Waals surface area contributed by atoms with Crippen LogP contribution in [0.4, 0.5) is 0 Å². The van der Waals surface area contributed by atoms with E-state index in [0.29, 0.717) is 17.9 Å². The molecule has 3 aromatic rings. The summed E-state index contributed by atoms with van der Waals surface area (Å²) in [6.07, 6.45) is 0.438. The molecule has 238 valence electrons. The van der Waals surface area contributed by atoms with Gasteiger partial charge >= 0.3 is 0 Å². The maximum atomic E-state index is 13.3. The van der Waals surface area contributed by atoms with Gasteiger partial charge in [0.1, 0.15) is 36.8 Å². The lowest BCUT2D eigenvalue weighted by molar-refractivity contribution is -0.136. The Bertz CT molecular complexity index is 1440. The summed E-state index contributed by atoms with van der Waals surface area (Å²) >= 11 is 0. The highest BCUT2D eigenvalue weighted by atomic mass is 16.5. The third-order valence-corrected chi connectivity index (χ3v) is 7.45. The molecule has 0 saturated heterocycles. The van der Waals surface area contributed by atoms with Crippen molar-refractivity contribution in [1.82, 2.24) is 20.9 Å². The number of amides is 4. The van der Waals surface area contributed by atoms with E-state index in [-0.39, 0.29) is 62.4 Å². The van der Waals surface area contributed by atoms with Crippen molar-refractivity contribution < 1.29 is 28.7 Å². The molecular weight excluding hydrogens is 572 g/mol. The van der Waals surface area contributed by atoms with E-state index in [0.717, 1.165) is 11.1 Å². The van der Waals surface area contributed by atoms with Crippen LogP contribution in [0.1, 0.15) is 43.5 Å². The highest BCUT2D eigenvalue weighted by Crippen LogP contribution is 2.22. The molecule has 0 bridgehead atoms. The summed E-state index contributed by atoms with van der Waals surface area (Å²) in [6.45, 7) is 4.77. The summed E-state index contributed by atoms with van der Waals surface area (Å²) in [4.78, 5) is 54.3. The summed E-state index contributed by atoms with van der Waals surface area (Å²) in [7, 11) is 1.66. The molecule has 0 unspecified atom stereocenters. The van der Waals surface area contributed by atoms with E-state index in [1.54, 1.807) is 31.3 Å². The van der Waals surface area contributed by atoms with E-state index < -0.39 is 23.9 Å². The number of rotatable bonds is 8. The van der Waals surface area contributed by atoms with Gasteiger partial charge in [-0.25, -0.2) is 0 Å². The van der Waals surface area contributed by atoms with Crippen LogP contribution in [-0.2, 0) is 14.4 Å². The number of para-hydroxylation sites is 1. The van der Waals surface area contributed by atoms with Crippen molar-refractivity contribution in [3.05, 3.63) is 84.4 Å². The lowest BCUT2D eigenvalue weighted by Gasteiger charge is -2.26. The molecule has 10 nitrogen and oxygen atoms in total. The van der Waals surface area contributed by atoms with E-state index in [9.17, 15) is 19.2 Å². The Labute approximate surface area is 264 Å². The van der Waals surface area contributed by atoms with Crippen molar-refractivity contribution in [2.45, 2.75) is 45.2 Å². The minimum atomic E-state index is -1.01. The van der Waals surface area contributed by atoms with E-state index >= 15 is 0 Å². The first kappa shape index (κ1) is 33.0. The topological polar surface area (TPSA) is 126 Å². The van der Waals surface area contributed by atoms with Gasteiger partial charge < -0.3 is 30.3 Å². The van der Waals surface area contributed by atoms with Gasteiger partial charge in [-0.3, -0.25) is 19.2 Å². The Hall–Kier alpha value is -4.86. The van der Waals surface area contributed by atoms with Gasteiger partial charge in [0.25, 0.3) is 5.91 Å². The van der Waals surface area contributed by atoms with Crippen LogP contribution in [0.25, 0.3) is 11.1 Å². The quantitative estimate of drug-likeness (QED) is 0.332. The normalized spacial score (nSPS) is 18.0. The zero-order chi connectivity index (χ0) is 32.2. The lowest BCUT2D eigenvalue weighted by atomic mass is 10.0. The predicted molar refractivity (Wildman–Crippen MR) is 172 cm³/mol. The number of hydrogen-bond acceptors (Lipinski definition) is 6. The number of nitrogens with one attached hydrogen (secondary N) is 3. The highest BCUT2D eigenvalue weighted by molar-refractivity contribution is 5.99. The van der Waals surface area contributed by atoms with Gasteiger partial charge in [0.2, 0.25) is 17.7 Å². The van der Waals surface area contributed by atoms with Crippen LogP contribution in [0.15, 0.2) is 78.9 Å². The first-order valence-electron chi connectivity index (χ1n) is 15.3. The van der Waals surface area contributed by atoms with Gasteiger partial charge in [-0.15, -0.1) is 0 Å². The minimum absolute atomic E-state index is 0.0344. The molecule has 0 fully saturated rings. The Balaban J connectivity index is 1.41. The third-order valence-electron chi connectivity index (χ3n) is 7.45. The zero-order valence-corrected chi connectivity index (χ0v) is 26.1. The van der Waals surface area contributed by atoms with Crippen LogP contribution in [0.3, 0.4) is 0 Å². The van der Waals surface area contributed by atoms with Crippen molar-refractivity contribution in [3.63, 3.8) is 0 Å². The van der Waals surface area contributed by atoms with Crippen LogP contribution in [0, 0.1) is 5.92 Å². The molecule has 0 saturated carbocycles. The molecule has 0 aliphatic carbocycles. The standard InChI is InChI=1S/C35H42N4O6/c1-24(2)23-30-35(43)39(3)20-22-45-31-12-8-7-11-28(31)33(41)38-29(17-18-32(40)37-30)34(42)36-19-21-44-27-15-13-26(14-16-27)25-9-5-4-6-10-25/h4-16,24,29-30H,17-23H2,1-3H3,(H,36,42)(H,37,40)(H,38,41)/t29-,30+/m0/s1. The fourth-order valence-corrected chi connectivity index (χ4v) is 5.03. The molecule has 1 aliphatic heterocycles. The predicted octanol–water partition coefficient (Wildman–Crippen LogP) is 3.81. The molecule has 10 heteroatoms. The second-order valence-corrected chi connectivity index (χ2v) is 11.4. The molecule has 0 aromatic heterocycles. The number of carbonyl (C=O) groups excluding carboxylic acids is 4. The average molecular weight is 615 g/mol. The van der Waals surface area contributed by atoms with Crippen LogP contribution < -0.4 is 25.4 Å². The van der Waals surface area contributed by atoms with Gasteiger partial charge in [0.15, 0.2) is 0 Å². The smallest absolute Gasteiger partial charge is 0.255 e. The Morgan fingerprint density at radius 1 is 0.956 bits per heavy atom. The SMILES string of the molecule is CC(C)C[C@H]1NC(=O)CC[C@@H](C(=O)NCCOc2ccc(-c3ccccc3)cc2)NC(=O)c2ccccc2OCCN(C)C1=O. The third kappa shape index (κ3) is 9.82. The monoisotopic (exact) mass is 614 g/mol. The van der Waals surface area contributed by atoms with Crippen molar-refractivity contribution in [1.29, 1.82) is 0 Å². The van der Waals surface area contributed by atoms with E-state index in [1.807, 2.05) is 68.4 Å². The molecule has 4 rings (SSSR count). The number of ether oxygens (including phenoxy) is 2. The van der Waals surface area contributed by atoms with Gasteiger partial charge in [0, 0.05) is 13.5 Å². The zero-order valence-electron chi connectivity index (χ0n) is 26.1. The molecule has 0 radical (unpaired) electrons. The number of nitrogens with zero attached hydrogens (tertiary/aromatic N) is 1. The summed E-state index contributed by atoms with van der Waals surface area (Å²) in [5, 5.41) is 8.42. The Morgan fingerprint density at radius 3 is 2.38 bits per heavy atom. The molecule has 2 atom stereocenters. The van der Waals surface area contributed by atoms with Gasteiger partial charge in [-0.1, -0.05) is 68.4 Å². The highest BCUT2D eigenvalue weighted by Gasteiger charge is 2.28. The molecule has 4 amide bonds. The molecule has 3 aromatic carbocycles. The fourth-order valence-electron chi connectivity index (χ4n) is 5.03. The van der Waals surface area contributed by atoms with Crippen LogP contribution >= 0.6 is 0 Å². The number of benzene rings is 3. The van der Waals surface area contributed by atoms with Crippen molar-refractivity contribution >= 4 is 23.6 Å². The summed E-state index contributed by atoms with van der Waals surface area (Å²) < 4.78 is 11.7. The van der Waals surface area contributed by atoms with E-state index in [1.165, 1.54) is 4.90 Å². The summed E-state index contributed by atoms with van der Waals surface area (Å²) in [5.74, 6) is -0.376. The summed E-state index contributed by atoms with van der Waals surface area (Å²) in [5.41, 5.74) is 2.43. The van der Waals surface area contributed by atoms with Crippen LogP contribution in [0.5, 0.6) is 11.5 Å². The second-order valence-electron chi connectivity index (χ2n) is 11.4. The maximum absolute atomic E-state index is 13.3. The Kier molecular flexibility index (Phi) is 12.0. The first-order valence-corrected chi connectivity index (χ1v) is 15.3. The Morgan fingerprint density at radius 2 is 1.64 bits per heavy atom. The van der Waals surface area contributed by atoms with Crippen LogP contribution in [-0.4, -0.2) is 74.0 Å². The minimum Gasteiger partial charge on any atom is -0.492 e. The molecule has 1 aliphatic rings. The second kappa shape index (κ2) is 16.3. The maximum Gasteiger partial charge on any atom is 0.255 e. The average Bonchev–Trinajstić information content (AvgIpc) is 3.04. The number of carbonyl (C=O) groups is 4. The van der Waals surface area contributed by atoms with Crippen molar-refractivity contribution in [2.75, 3.05) is 33.4 Å². The van der Waals surface area contributed by atoms with Gasteiger partial charge in [0.05, 0.1) is 18.7 Å². The fraction of sp³-hybridized carbons (Fsp3) is 0.371. The molecular formula is C35H42N4O6. The first-order chi connectivity index (χ1) is 21.7. The number of likely N-dealkylation sites (N-methyl/N-ethyl adjacent to an activating group) is 1. The largest absolute Gasteiger partial charge is 0.492 e. The molecule has 0 spiro atoms. The van der Waals surface area contributed by atoms with Crippen molar-refractivity contribution in [2.24, 2.45) is 5.92 Å². The lowest BCUT2D eigenvalue weighted by Crippen LogP contribution is -2.50. The molecule has 1 heterocycles. The molecule has 45 heavy (non-hydrogen) atoms. The molecule has 3 N–H and O–H groups in total. The van der Waals surface area contributed by atoms with E-state index in [2.05, 4.69) is 16.0 Å². The van der Waals surface area contributed by atoms with Gasteiger partial charge in [-0.2, -0.15) is 0 Å². The number of hydrogen-bond donors (Lipinski definition) is 3. The van der Waals surface area contributed by atoms with Crippen molar-refractivity contribution in [3.8, 4) is 22.6 Å². The van der Waals surface area contributed by atoms with Gasteiger partial charge in [-0.05, 0) is 54.2 Å². The number of fused-ring (bicyclic) bond motifs is 1. The summed E-state index contributed by atoms with van der Waals surface area (Å²) in [6, 6.07) is 22.7. The van der Waals surface area contributed by atoms with Crippen LogP contribution in [0.2, 0.25) is 0 Å². The van der Waals surface area contributed by atoms with E-state index in [4.69, 9.17) is 9.47 Å².